The minimum Gasteiger partial charge on any atom is -0.346 e. The van der Waals surface area contributed by atoms with E-state index in [-0.39, 0.29) is 0 Å². The number of nitrogens with one attached hydrogen (secondary N) is 1. The van der Waals surface area contributed by atoms with Gasteiger partial charge in [-0.1, -0.05) is 13.8 Å². The van der Waals surface area contributed by atoms with Gasteiger partial charge in [-0.05, 0) is 23.6 Å². The average molecular weight is 185 g/mol. The van der Waals surface area contributed by atoms with Gasteiger partial charge in [0.1, 0.15) is 17.4 Å². The van der Waals surface area contributed by atoms with Gasteiger partial charge in [0.2, 0.25) is 0 Å². The van der Waals surface area contributed by atoms with Crippen LogP contribution < -0.4 is 0 Å². The predicted molar refractivity (Wildman–Crippen MR) is 54.9 cm³/mol. The molecule has 0 aromatic carbocycles. The predicted octanol–water partition coefficient (Wildman–Crippen LogP) is 2.56. The molecule has 0 aliphatic rings. The molecule has 0 fully saturated rings. The number of nitriles is 1. The number of nitrogens with zero attached hydrogens (tertiary/aromatic N) is 2. The quantitative estimate of drug-likeness (QED) is 0.742. The molecule has 0 spiro atoms. The first-order valence-electron chi connectivity index (χ1n) is 4.60. The van der Waals surface area contributed by atoms with E-state index in [1.807, 2.05) is 18.3 Å². The Balaban J connectivity index is 2.74. The van der Waals surface area contributed by atoms with Crippen molar-refractivity contribution in [2.75, 3.05) is 0 Å². The smallest absolute Gasteiger partial charge is 0.146 e. The van der Waals surface area contributed by atoms with E-state index in [0.29, 0.717) is 11.6 Å². The van der Waals surface area contributed by atoms with Gasteiger partial charge in [0.05, 0.1) is 0 Å². The summed E-state index contributed by atoms with van der Waals surface area (Å²) >= 11 is 0. The summed E-state index contributed by atoms with van der Waals surface area (Å²) in [6, 6.07) is 6.13. The molecule has 0 unspecified atom stereocenters. The highest BCUT2D eigenvalue weighted by atomic mass is 14.8. The summed E-state index contributed by atoms with van der Waals surface area (Å²) in [6.07, 6.45) is 1.84. The van der Waals surface area contributed by atoms with Crippen LogP contribution in [0.4, 0.5) is 0 Å². The second-order valence-electron chi connectivity index (χ2n) is 3.61. The first kappa shape index (κ1) is 8.76. The number of H-pyrrole nitrogens is 1. The van der Waals surface area contributed by atoms with Crippen LogP contribution in [-0.2, 0) is 0 Å². The molecule has 0 radical (unpaired) electrons. The van der Waals surface area contributed by atoms with E-state index in [1.165, 1.54) is 0 Å². The third-order valence-electron chi connectivity index (χ3n) is 2.29. The van der Waals surface area contributed by atoms with Gasteiger partial charge < -0.3 is 4.98 Å². The van der Waals surface area contributed by atoms with Crippen molar-refractivity contribution >= 4 is 11.0 Å². The molecule has 0 atom stereocenters. The first-order chi connectivity index (χ1) is 6.72. The molecule has 0 aliphatic carbocycles. The zero-order chi connectivity index (χ0) is 10.1. The van der Waals surface area contributed by atoms with Crippen LogP contribution in [0.3, 0.4) is 0 Å². The van der Waals surface area contributed by atoms with E-state index >= 15 is 0 Å². The van der Waals surface area contributed by atoms with Crippen molar-refractivity contribution in [3.63, 3.8) is 0 Å². The van der Waals surface area contributed by atoms with Gasteiger partial charge in [-0.2, -0.15) is 5.26 Å². The summed E-state index contributed by atoms with van der Waals surface area (Å²) in [6.45, 7) is 4.13. The van der Waals surface area contributed by atoms with E-state index in [0.717, 1.165) is 16.6 Å². The summed E-state index contributed by atoms with van der Waals surface area (Å²) < 4.78 is 0. The molecule has 3 nitrogen and oxygen atoms in total. The van der Waals surface area contributed by atoms with Crippen LogP contribution in [0.1, 0.15) is 31.0 Å². The summed E-state index contributed by atoms with van der Waals surface area (Å²) in [5.74, 6) is 0.330. The number of fused-ring (bicyclic) bond motifs is 1. The Bertz CT molecular complexity index is 503. The second-order valence-corrected chi connectivity index (χ2v) is 3.61. The lowest BCUT2D eigenvalue weighted by Crippen LogP contribution is -1.96. The summed E-state index contributed by atoms with van der Waals surface area (Å²) in [7, 11) is 0. The topological polar surface area (TPSA) is 52.5 Å². The van der Waals surface area contributed by atoms with Crippen molar-refractivity contribution in [3.8, 4) is 6.07 Å². The number of hydrogen-bond donors (Lipinski definition) is 1. The molecule has 2 rings (SSSR count). The Labute approximate surface area is 82.4 Å². The summed E-state index contributed by atoms with van der Waals surface area (Å²) in [5, 5.41) is 10.0. The molecule has 2 heterocycles. The average Bonchev–Trinajstić information content (AvgIpc) is 2.62. The van der Waals surface area contributed by atoms with Gasteiger partial charge in [0, 0.05) is 11.6 Å². The molecule has 1 N–H and O–H groups in total. The molecule has 2 aromatic rings. The largest absolute Gasteiger partial charge is 0.346 e. The SMILES string of the molecule is CC(C)c1cc2cc[nH]c2nc1C#N. The van der Waals surface area contributed by atoms with E-state index in [9.17, 15) is 0 Å². The molecule has 0 aliphatic heterocycles. The van der Waals surface area contributed by atoms with Gasteiger partial charge in [0.25, 0.3) is 0 Å². The van der Waals surface area contributed by atoms with Crippen molar-refractivity contribution in [2.45, 2.75) is 19.8 Å². The Kier molecular flexibility index (Phi) is 1.97. The van der Waals surface area contributed by atoms with Crippen LogP contribution in [0.2, 0.25) is 0 Å². The van der Waals surface area contributed by atoms with Crippen molar-refractivity contribution in [1.82, 2.24) is 9.97 Å². The van der Waals surface area contributed by atoms with E-state index in [2.05, 4.69) is 29.9 Å². The highest BCUT2D eigenvalue weighted by molar-refractivity contribution is 5.77. The molecule has 3 heteroatoms. The minimum atomic E-state index is 0.330. The van der Waals surface area contributed by atoms with Crippen LogP contribution in [-0.4, -0.2) is 9.97 Å². The Morgan fingerprint density at radius 2 is 2.29 bits per heavy atom. The van der Waals surface area contributed by atoms with Crippen LogP contribution in [0, 0.1) is 11.3 Å². The van der Waals surface area contributed by atoms with Gasteiger partial charge in [0.15, 0.2) is 0 Å². The van der Waals surface area contributed by atoms with Crippen LogP contribution >= 0.6 is 0 Å². The molecule has 70 valence electrons. The number of aromatic nitrogens is 2. The maximum Gasteiger partial charge on any atom is 0.146 e. The van der Waals surface area contributed by atoms with E-state index in [1.54, 1.807) is 0 Å². The fourth-order valence-corrected chi connectivity index (χ4v) is 1.53. The van der Waals surface area contributed by atoms with Crippen LogP contribution in [0.15, 0.2) is 18.3 Å². The monoisotopic (exact) mass is 185 g/mol. The lowest BCUT2D eigenvalue weighted by molar-refractivity contribution is 0.856. The Hall–Kier alpha value is -1.82. The maximum absolute atomic E-state index is 8.94. The fourth-order valence-electron chi connectivity index (χ4n) is 1.53. The molecule has 0 saturated carbocycles. The lowest BCUT2D eigenvalue weighted by Gasteiger charge is -2.06. The Morgan fingerprint density at radius 3 is 2.93 bits per heavy atom. The number of rotatable bonds is 1. The third-order valence-corrected chi connectivity index (χ3v) is 2.29. The number of pyridine rings is 1. The molecule has 0 amide bonds. The molecule has 0 bridgehead atoms. The van der Waals surface area contributed by atoms with E-state index < -0.39 is 0 Å². The van der Waals surface area contributed by atoms with Crippen molar-refractivity contribution in [2.24, 2.45) is 0 Å². The Morgan fingerprint density at radius 1 is 1.50 bits per heavy atom. The van der Waals surface area contributed by atoms with Crippen molar-refractivity contribution < 1.29 is 0 Å². The number of hydrogen-bond acceptors (Lipinski definition) is 2. The molecular weight excluding hydrogens is 174 g/mol. The van der Waals surface area contributed by atoms with Gasteiger partial charge in [-0.25, -0.2) is 4.98 Å². The van der Waals surface area contributed by atoms with Crippen molar-refractivity contribution in [1.29, 1.82) is 5.26 Å². The third kappa shape index (κ3) is 1.25. The number of aromatic amines is 1. The van der Waals surface area contributed by atoms with E-state index in [4.69, 9.17) is 5.26 Å². The van der Waals surface area contributed by atoms with Crippen LogP contribution in [0.5, 0.6) is 0 Å². The normalized spacial score (nSPS) is 10.7. The molecule has 0 saturated heterocycles. The standard InChI is InChI=1S/C11H11N3/c1-7(2)9-5-8-3-4-13-11(8)14-10(9)6-12/h3-5,7H,1-2H3,(H,13,14). The highest BCUT2D eigenvalue weighted by Crippen LogP contribution is 2.21. The minimum absolute atomic E-state index is 0.330. The van der Waals surface area contributed by atoms with Crippen molar-refractivity contribution in [3.05, 3.63) is 29.6 Å². The zero-order valence-electron chi connectivity index (χ0n) is 8.20. The molecular formula is C11H11N3. The zero-order valence-corrected chi connectivity index (χ0v) is 8.20. The fraction of sp³-hybridized carbons (Fsp3) is 0.273. The first-order valence-corrected chi connectivity index (χ1v) is 4.60. The van der Waals surface area contributed by atoms with Gasteiger partial charge >= 0.3 is 0 Å². The lowest BCUT2D eigenvalue weighted by atomic mass is 10.0. The second kappa shape index (κ2) is 3.15. The molecule has 14 heavy (non-hydrogen) atoms. The van der Waals surface area contributed by atoms with Crippen LogP contribution in [0.25, 0.3) is 11.0 Å². The summed E-state index contributed by atoms with van der Waals surface area (Å²) in [4.78, 5) is 7.26. The maximum atomic E-state index is 8.94. The summed E-state index contributed by atoms with van der Waals surface area (Å²) in [5.41, 5.74) is 2.32. The molecule has 2 aromatic heterocycles. The van der Waals surface area contributed by atoms with Gasteiger partial charge in [-0.15, -0.1) is 0 Å². The van der Waals surface area contributed by atoms with Gasteiger partial charge in [-0.3, -0.25) is 0 Å². The highest BCUT2D eigenvalue weighted by Gasteiger charge is 2.09.